The van der Waals surface area contributed by atoms with Gasteiger partial charge in [-0.15, -0.1) is 0 Å². The molecule has 110 valence electrons. The summed E-state index contributed by atoms with van der Waals surface area (Å²) in [6.07, 6.45) is -0.503. The van der Waals surface area contributed by atoms with Crippen molar-refractivity contribution in [3.05, 3.63) is 0 Å². The van der Waals surface area contributed by atoms with E-state index in [9.17, 15) is 18.0 Å². The van der Waals surface area contributed by atoms with Gasteiger partial charge in [0.25, 0.3) is 0 Å². The third-order valence-corrected chi connectivity index (χ3v) is 4.61. The lowest BCUT2D eigenvalue weighted by Gasteiger charge is -2.23. The summed E-state index contributed by atoms with van der Waals surface area (Å²) in [6.45, 7) is -0.00122. The van der Waals surface area contributed by atoms with Gasteiger partial charge in [0.1, 0.15) is 0 Å². The Morgan fingerprint density at radius 1 is 1.37 bits per heavy atom. The molecule has 0 saturated carbocycles. The fourth-order valence-corrected chi connectivity index (χ4v) is 3.46. The average molecular weight is 294 g/mol. The van der Waals surface area contributed by atoms with E-state index in [0.717, 1.165) is 0 Å². The van der Waals surface area contributed by atoms with Gasteiger partial charge >= 0.3 is 12.0 Å². The van der Waals surface area contributed by atoms with Gasteiger partial charge in [-0.05, 0) is 12.8 Å². The highest BCUT2D eigenvalue weighted by Gasteiger charge is 2.25. The summed E-state index contributed by atoms with van der Waals surface area (Å²) < 4.78 is 22.7. The second-order valence-electron chi connectivity index (χ2n) is 4.50. The molecular weight excluding hydrogens is 276 g/mol. The van der Waals surface area contributed by atoms with E-state index in [1.807, 2.05) is 0 Å². The summed E-state index contributed by atoms with van der Waals surface area (Å²) in [5.74, 6) is -1.27. The lowest BCUT2D eigenvalue weighted by molar-refractivity contribution is -0.146. The van der Waals surface area contributed by atoms with Gasteiger partial charge in [-0.2, -0.15) is 0 Å². The number of urea groups is 1. The Bertz CT molecular complexity index is 435. The first-order valence-electron chi connectivity index (χ1n) is 5.96. The van der Waals surface area contributed by atoms with Crippen LogP contribution in [0.1, 0.15) is 19.3 Å². The minimum absolute atomic E-state index is 0.00122. The predicted octanol–water partition coefficient (Wildman–Crippen LogP) is -1.30. The van der Waals surface area contributed by atoms with Gasteiger partial charge in [-0.25, -0.2) is 18.0 Å². The monoisotopic (exact) mass is 294 g/mol. The van der Waals surface area contributed by atoms with Gasteiger partial charge in [0.05, 0.1) is 11.5 Å². The molecule has 0 aromatic rings. The number of nitrogens with one attached hydrogen (secondary N) is 2. The van der Waals surface area contributed by atoms with Gasteiger partial charge in [-0.3, -0.25) is 0 Å². The molecule has 0 aliphatic carbocycles. The van der Waals surface area contributed by atoms with Crippen LogP contribution >= 0.6 is 0 Å². The molecule has 2 atom stereocenters. The van der Waals surface area contributed by atoms with Crippen molar-refractivity contribution in [3.8, 4) is 0 Å². The topological polar surface area (TPSA) is 133 Å². The summed E-state index contributed by atoms with van der Waals surface area (Å²) in [5.41, 5.74) is 0. The van der Waals surface area contributed by atoms with Crippen LogP contribution in [0.25, 0.3) is 0 Å². The van der Waals surface area contributed by atoms with Crippen LogP contribution in [0.2, 0.25) is 0 Å². The molecule has 1 heterocycles. The minimum atomic E-state index is -3.08. The molecule has 9 heteroatoms. The van der Waals surface area contributed by atoms with Crippen LogP contribution in [-0.4, -0.2) is 60.8 Å². The van der Waals surface area contributed by atoms with Crippen molar-refractivity contribution in [3.63, 3.8) is 0 Å². The zero-order chi connectivity index (χ0) is 14.5. The number of carbonyl (C=O) groups is 2. The molecule has 0 radical (unpaired) electrons. The number of carboxylic acid groups (broad SMARTS) is 1. The number of aliphatic carboxylic acids is 1. The van der Waals surface area contributed by atoms with E-state index in [2.05, 4.69) is 10.6 Å². The number of aliphatic hydroxyl groups is 1. The molecule has 1 aliphatic heterocycles. The Hall–Kier alpha value is -1.35. The van der Waals surface area contributed by atoms with Crippen molar-refractivity contribution in [2.45, 2.75) is 31.4 Å². The van der Waals surface area contributed by atoms with E-state index in [4.69, 9.17) is 10.2 Å². The minimum Gasteiger partial charge on any atom is -0.479 e. The molecule has 0 aromatic heterocycles. The Morgan fingerprint density at radius 3 is 2.63 bits per heavy atom. The summed E-state index contributed by atoms with van der Waals surface area (Å²) >= 11 is 0. The first kappa shape index (κ1) is 15.7. The number of aliphatic hydroxyl groups excluding tert-OH is 1. The van der Waals surface area contributed by atoms with Crippen molar-refractivity contribution < 1.29 is 28.2 Å². The smallest absolute Gasteiger partial charge is 0.332 e. The molecule has 4 N–H and O–H groups in total. The van der Waals surface area contributed by atoms with Gasteiger partial charge in [-0.1, -0.05) is 0 Å². The van der Waals surface area contributed by atoms with Crippen LogP contribution in [0.5, 0.6) is 0 Å². The molecule has 1 aliphatic rings. The fraction of sp³-hybridized carbons (Fsp3) is 0.800. The summed E-state index contributed by atoms with van der Waals surface area (Å²) in [4.78, 5) is 21.7. The number of carboxylic acids is 1. The molecule has 2 amide bonds. The van der Waals surface area contributed by atoms with E-state index in [1.54, 1.807) is 0 Å². The Balaban J connectivity index is 2.26. The number of rotatable bonds is 5. The molecule has 8 nitrogen and oxygen atoms in total. The van der Waals surface area contributed by atoms with E-state index in [1.165, 1.54) is 0 Å². The average Bonchev–Trinajstić information content (AvgIpc) is 2.27. The highest BCUT2D eigenvalue weighted by molar-refractivity contribution is 7.91. The molecule has 0 bridgehead atoms. The van der Waals surface area contributed by atoms with Crippen molar-refractivity contribution in [2.75, 3.05) is 18.1 Å². The van der Waals surface area contributed by atoms with E-state index in [0.29, 0.717) is 12.8 Å². The van der Waals surface area contributed by atoms with E-state index < -0.39 is 34.0 Å². The number of hydrogen-bond acceptors (Lipinski definition) is 5. The van der Waals surface area contributed by atoms with Crippen LogP contribution in [0, 0.1) is 0 Å². The van der Waals surface area contributed by atoms with Crippen molar-refractivity contribution >= 4 is 21.8 Å². The van der Waals surface area contributed by atoms with Gasteiger partial charge in [0.2, 0.25) is 0 Å². The van der Waals surface area contributed by atoms with Crippen LogP contribution in [-0.2, 0) is 14.6 Å². The molecule has 0 spiro atoms. The molecule has 1 fully saturated rings. The molecular formula is C10H18N2O6S. The summed E-state index contributed by atoms with van der Waals surface area (Å²) in [6, 6.07) is -0.970. The first-order valence-corrected chi connectivity index (χ1v) is 7.78. The Labute approximate surface area is 111 Å². The maximum atomic E-state index is 11.4. The number of carbonyl (C=O) groups excluding carboxylic acids is 1. The summed E-state index contributed by atoms with van der Waals surface area (Å²) in [5, 5.41) is 22.3. The Kier molecular flexibility index (Phi) is 5.55. The highest BCUT2D eigenvalue weighted by atomic mass is 32.2. The van der Waals surface area contributed by atoms with Crippen LogP contribution in [0.3, 0.4) is 0 Å². The van der Waals surface area contributed by atoms with Crippen molar-refractivity contribution in [1.82, 2.24) is 10.6 Å². The van der Waals surface area contributed by atoms with Gasteiger partial charge < -0.3 is 20.8 Å². The van der Waals surface area contributed by atoms with Gasteiger partial charge in [0.15, 0.2) is 15.9 Å². The third-order valence-electron chi connectivity index (χ3n) is 2.79. The molecule has 1 saturated heterocycles. The number of amides is 2. The zero-order valence-electron chi connectivity index (χ0n) is 10.3. The number of sulfone groups is 1. The first-order chi connectivity index (χ1) is 8.80. The summed E-state index contributed by atoms with van der Waals surface area (Å²) in [7, 11) is -3.08. The van der Waals surface area contributed by atoms with E-state index in [-0.39, 0.29) is 24.5 Å². The second-order valence-corrected chi connectivity index (χ2v) is 6.73. The SMILES string of the molecule is O=C(NCC[C@H](O)C(=O)O)NC1CCCS(=O)(=O)C1. The standard InChI is InChI=1S/C10H18N2O6S/c13-8(9(14)15)3-4-11-10(16)12-7-2-1-5-19(17,18)6-7/h7-8,13H,1-6H2,(H,14,15)(H2,11,12,16)/t7?,8-/m0/s1. The zero-order valence-corrected chi connectivity index (χ0v) is 11.1. The van der Waals surface area contributed by atoms with Crippen LogP contribution in [0.4, 0.5) is 4.79 Å². The second kappa shape index (κ2) is 6.71. The normalized spacial score (nSPS) is 23.3. The van der Waals surface area contributed by atoms with Crippen LogP contribution in [0.15, 0.2) is 0 Å². The van der Waals surface area contributed by atoms with Crippen molar-refractivity contribution in [2.24, 2.45) is 0 Å². The largest absolute Gasteiger partial charge is 0.479 e. The van der Waals surface area contributed by atoms with E-state index >= 15 is 0 Å². The van der Waals surface area contributed by atoms with Crippen LogP contribution < -0.4 is 10.6 Å². The fourth-order valence-electron chi connectivity index (χ4n) is 1.82. The van der Waals surface area contributed by atoms with Crippen molar-refractivity contribution in [1.29, 1.82) is 0 Å². The maximum absolute atomic E-state index is 11.4. The number of hydrogen-bond donors (Lipinski definition) is 4. The lowest BCUT2D eigenvalue weighted by atomic mass is 10.2. The highest BCUT2D eigenvalue weighted by Crippen LogP contribution is 2.11. The quantitative estimate of drug-likeness (QED) is 0.498. The Morgan fingerprint density at radius 2 is 2.05 bits per heavy atom. The maximum Gasteiger partial charge on any atom is 0.332 e. The molecule has 1 rings (SSSR count). The lowest BCUT2D eigenvalue weighted by Crippen LogP contribution is -2.47. The molecule has 19 heavy (non-hydrogen) atoms. The molecule has 0 aromatic carbocycles. The van der Waals surface area contributed by atoms with Gasteiger partial charge in [0, 0.05) is 19.0 Å². The predicted molar refractivity (Wildman–Crippen MR) is 66.5 cm³/mol. The third kappa shape index (κ3) is 5.88. The molecule has 1 unspecified atom stereocenters.